The van der Waals surface area contributed by atoms with Crippen LogP contribution in [0.4, 0.5) is 5.82 Å². The third kappa shape index (κ3) is 3.46. The van der Waals surface area contributed by atoms with Gasteiger partial charge in [-0.3, -0.25) is 4.79 Å². The van der Waals surface area contributed by atoms with Crippen molar-refractivity contribution in [3.63, 3.8) is 0 Å². The molecule has 0 atom stereocenters. The van der Waals surface area contributed by atoms with Gasteiger partial charge in [-0.15, -0.1) is 0 Å². The van der Waals surface area contributed by atoms with Crippen LogP contribution in [-0.2, 0) is 19.5 Å². The number of aryl methyl sites for hydroxylation is 1. The molecule has 2 heterocycles. The van der Waals surface area contributed by atoms with Crippen LogP contribution in [0.25, 0.3) is 0 Å². The molecule has 0 unspecified atom stereocenters. The zero-order valence-electron chi connectivity index (χ0n) is 12.1. The van der Waals surface area contributed by atoms with Crippen LogP contribution in [0, 0.1) is 5.92 Å². The fourth-order valence-electron chi connectivity index (χ4n) is 1.86. The molecule has 0 aliphatic carbocycles. The molecule has 0 aliphatic heterocycles. The van der Waals surface area contributed by atoms with Crippen molar-refractivity contribution in [1.29, 1.82) is 0 Å². The maximum absolute atomic E-state index is 12.2. The van der Waals surface area contributed by atoms with Crippen LogP contribution >= 0.6 is 0 Å². The molecule has 0 bridgehead atoms. The van der Waals surface area contributed by atoms with Crippen molar-refractivity contribution in [1.82, 2.24) is 14.5 Å². The Balaban J connectivity index is 2.07. The SMILES string of the molecule is CCc1cnc(CNc2nccn(CC(C)C)c2=O)o1. The molecule has 2 rings (SSSR count). The molecule has 6 nitrogen and oxygen atoms in total. The first-order chi connectivity index (χ1) is 9.60. The van der Waals surface area contributed by atoms with E-state index in [4.69, 9.17) is 4.42 Å². The van der Waals surface area contributed by atoms with Gasteiger partial charge in [0.2, 0.25) is 5.89 Å². The monoisotopic (exact) mass is 276 g/mol. The van der Waals surface area contributed by atoms with Crippen molar-refractivity contribution < 1.29 is 4.42 Å². The zero-order chi connectivity index (χ0) is 14.5. The summed E-state index contributed by atoms with van der Waals surface area (Å²) in [6, 6.07) is 0. The summed E-state index contributed by atoms with van der Waals surface area (Å²) in [5.41, 5.74) is -0.122. The van der Waals surface area contributed by atoms with Gasteiger partial charge in [-0.25, -0.2) is 9.97 Å². The molecule has 0 spiro atoms. The lowest BCUT2D eigenvalue weighted by molar-refractivity contribution is 0.465. The largest absolute Gasteiger partial charge is 0.444 e. The maximum Gasteiger partial charge on any atom is 0.293 e. The van der Waals surface area contributed by atoms with E-state index in [9.17, 15) is 4.79 Å². The Morgan fingerprint density at radius 2 is 2.20 bits per heavy atom. The van der Waals surface area contributed by atoms with Gasteiger partial charge in [-0.1, -0.05) is 20.8 Å². The minimum Gasteiger partial charge on any atom is -0.444 e. The molecule has 0 saturated heterocycles. The highest BCUT2D eigenvalue weighted by atomic mass is 16.4. The second-order valence-electron chi connectivity index (χ2n) is 5.05. The summed E-state index contributed by atoms with van der Waals surface area (Å²) < 4.78 is 7.14. The number of hydrogen-bond acceptors (Lipinski definition) is 5. The molecule has 2 aromatic rings. The van der Waals surface area contributed by atoms with Crippen LogP contribution in [-0.4, -0.2) is 14.5 Å². The molecule has 20 heavy (non-hydrogen) atoms. The van der Waals surface area contributed by atoms with Gasteiger partial charge in [-0.05, 0) is 5.92 Å². The van der Waals surface area contributed by atoms with Crippen LogP contribution in [0.2, 0.25) is 0 Å². The van der Waals surface area contributed by atoms with E-state index in [-0.39, 0.29) is 5.56 Å². The number of hydrogen-bond donors (Lipinski definition) is 1. The number of anilines is 1. The summed E-state index contributed by atoms with van der Waals surface area (Å²) >= 11 is 0. The van der Waals surface area contributed by atoms with E-state index in [1.807, 2.05) is 6.92 Å². The number of nitrogens with one attached hydrogen (secondary N) is 1. The minimum absolute atomic E-state index is 0.122. The Labute approximate surface area is 117 Å². The van der Waals surface area contributed by atoms with Crippen LogP contribution in [0.1, 0.15) is 32.4 Å². The number of aromatic nitrogens is 3. The molecule has 0 fully saturated rings. The predicted octanol–water partition coefficient (Wildman–Crippen LogP) is 2.06. The smallest absolute Gasteiger partial charge is 0.293 e. The molecular formula is C14H20N4O2. The van der Waals surface area contributed by atoms with Gasteiger partial charge >= 0.3 is 0 Å². The summed E-state index contributed by atoms with van der Waals surface area (Å²) in [5.74, 6) is 2.12. The third-order valence-corrected chi connectivity index (χ3v) is 2.83. The Kier molecular flexibility index (Phi) is 4.55. The highest BCUT2D eigenvalue weighted by Crippen LogP contribution is 2.06. The van der Waals surface area contributed by atoms with E-state index in [0.29, 0.717) is 30.7 Å². The van der Waals surface area contributed by atoms with Gasteiger partial charge in [0.1, 0.15) is 5.76 Å². The number of rotatable bonds is 6. The molecule has 1 N–H and O–H groups in total. The molecule has 0 radical (unpaired) electrons. The fourth-order valence-corrected chi connectivity index (χ4v) is 1.86. The Bertz CT molecular complexity index is 616. The molecule has 0 aromatic carbocycles. The molecule has 2 aromatic heterocycles. The highest BCUT2D eigenvalue weighted by molar-refractivity contribution is 5.30. The zero-order valence-corrected chi connectivity index (χ0v) is 12.1. The summed E-state index contributed by atoms with van der Waals surface area (Å²) in [5, 5.41) is 2.98. The van der Waals surface area contributed by atoms with Crippen LogP contribution in [0.3, 0.4) is 0 Å². The predicted molar refractivity (Wildman–Crippen MR) is 76.5 cm³/mol. The molecule has 0 aliphatic rings. The number of oxazole rings is 1. The maximum atomic E-state index is 12.2. The van der Waals surface area contributed by atoms with Crippen molar-refractivity contribution in [2.75, 3.05) is 5.32 Å². The minimum atomic E-state index is -0.122. The van der Waals surface area contributed by atoms with Gasteiger partial charge in [0.25, 0.3) is 5.56 Å². The average molecular weight is 276 g/mol. The van der Waals surface area contributed by atoms with Gasteiger partial charge in [0, 0.05) is 25.4 Å². The number of nitrogens with zero attached hydrogens (tertiary/aromatic N) is 3. The van der Waals surface area contributed by atoms with E-state index in [2.05, 4.69) is 29.1 Å². The van der Waals surface area contributed by atoms with Crippen molar-refractivity contribution in [2.45, 2.75) is 40.3 Å². The normalized spacial score (nSPS) is 11.0. The standard InChI is InChI=1S/C14H20N4O2/c1-4-11-7-16-12(20-11)8-17-13-14(19)18(6-5-15-13)9-10(2)3/h5-7,10H,4,8-9H2,1-3H3,(H,15,17). The van der Waals surface area contributed by atoms with Crippen LogP contribution in [0.15, 0.2) is 27.8 Å². The molecule has 0 saturated carbocycles. The van der Waals surface area contributed by atoms with Crippen molar-refractivity contribution in [3.05, 3.63) is 40.6 Å². The fraction of sp³-hybridized carbons (Fsp3) is 0.500. The Morgan fingerprint density at radius 3 is 2.85 bits per heavy atom. The second-order valence-corrected chi connectivity index (χ2v) is 5.05. The second kappa shape index (κ2) is 6.36. The molecule has 6 heteroatoms. The highest BCUT2D eigenvalue weighted by Gasteiger charge is 2.08. The average Bonchev–Trinajstić information content (AvgIpc) is 2.87. The first-order valence-corrected chi connectivity index (χ1v) is 6.83. The summed E-state index contributed by atoms with van der Waals surface area (Å²) in [4.78, 5) is 20.4. The van der Waals surface area contributed by atoms with Crippen LogP contribution < -0.4 is 10.9 Å². The first-order valence-electron chi connectivity index (χ1n) is 6.83. The lowest BCUT2D eigenvalue weighted by atomic mass is 10.2. The first kappa shape index (κ1) is 14.3. The Morgan fingerprint density at radius 1 is 1.40 bits per heavy atom. The topological polar surface area (TPSA) is 73.0 Å². The Hall–Kier alpha value is -2.11. The quantitative estimate of drug-likeness (QED) is 0.874. The molecular weight excluding hydrogens is 256 g/mol. The van der Waals surface area contributed by atoms with Gasteiger partial charge in [0.15, 0.2) is 5.82 Å². The summed E-state index contributed by atoms with van der Waals surface area (Å²) in [6.07, 6.45) is 5.83. The van der Waals surface area contributed by atoms with Crippen LogP contribution in [0.5, 0.6) is 0 Å². The molecule has 0 amide bonds. The lowest BCUT2D eigenvalue weighted by Crippen LogP contribution is -2.25. The van der Waals surface area contributed by atoms with E-state index >= 15 is 0 Å². The van der Waals surface area contributed by atoms with Gasteiger partial charge in [-0.2, -0.15) is 0 Å². The summed E-state index contributed by atoms with van der Waals surface area (Å²) in [6.45, 7) is 7.17. The third-order valence-electron chi connectivity index (χ3n) is 2.83. The van der Waals surface area contributed by atoms with Gasteiger partial charge in [0.05, 0.1) is 12.7 Å². The summed E-state index contributed by atoms with van der Waals surface area (Å²) in [7, 11) is 0. The van der Waals surface area contributed by atoms with E-state index < -0.39 is 0 Å². The lowest BCUT2D eigenvalue weighted by Gasteiger charge is -2.10. The van der Waals surface area contributed by atoms with E-state index in [0.717, 1.165) is 12.2 Å². The van der Waals surface area contributed by atoms with E-state index in [1.54, 1.807) is 23.2 Å². The van der Waals surface area contributed by atoms with Crippen molar-refractivity contribution in [2.24, 2.45) is 5.92 Å². The van der Waals surface area contributed by atoms with Crippen molar-refractivity contribution >= 4 is 5.82 Å². The van der Waals surface area contributed by atoms with Gasteiger partial charge < -0.3 is 14.3 Å². The molecule has 108 valence electrons. The van der Waals surface area contributed by atoms with Crippen molar-refractivity contribution in [3.8, 4) is 0 Å². The van der Waals surface area contributed by atoms with E-state index in [1.165, 1.54) is 0 Å².